The predicted molar refractivity (Wildman–Crippen MR) is 101 cm³/mol. The van der Waals surface area contributed by atoms with Crippen LogP contribution >= 0.6 is 11.6 Å². The van der Waals surface area contributed by atoms with Crippen LogP contribution in [0.25, 0.3) is 0 Å². The number of sulfonamides is 1. The molecule has 0 spiro atoms. The maximum Gasteiger partial charge on any atom is 0.344 e. The van der Waals surface area contributed by atoms with Gasteiger partial charge in [-0.05, 0) is 36.4 Å². The van der Waals surface area contributed by atoms with Crippen molar-refractivity contribution in [1.29, 1.82) is 0 Å². The van der Waals surface area contributed by atoms with Gasteiger partial charge in [-0.2, -0.15) is 0 Å². The standard InChI is InChI=1S/C18H20ClNO6S/c1-20(2)27(22,23)15-9-7-14(8-10-15)24-11-12-25-18(21)13-26-17-6-4-3-5-16(17)19/h3-10H,11-13H2,1-2H3. The fourth-order valence-electron chi connectivity index (χ4n) is 1.97. The van der Waals surface area contributed by atoms with Gasteiger partial charge < -0.3 is 14.2 Å². The first-order valence-corrected chi connectivity index (χ1v) is 9.81. The average molecular weight is 414 g/mol. The van der Waals surface area contributed by atoms with Crippen LogP contribution in [-0.4, -0.2) is 52.6 Å². The topological polar surface area (TPSA) is 82.1 Å². The summed E-state index contributed by atoms with van der Waals surface area (Å²) >= 11 is 5.92. The highest BCUT2D eigenvalue weighted by atomic mass is 35.5. The predicted octanol–water partition coefficient (Wildman–Crippen LogP) is 2.59. The summed E-state index contributed by atoms with van der Waals surface area (Å²) in [7, 11) is -0.554. The van der Waals surface area contributed by atoms with E-state index in [9.17, 15) is 13.2 Å². The molecule has 146 valence electrons. The van der Waals surface area contributed by atoms with Crippen molar-refractivity contribution < 1.29 is 27.4 Å². The van der Waals surface area contributed by atoms with E-state index in [1.165, 1.54) is 26.2 Å². The molecule has 2 aromatic rings. The lowest BCUT2D eigenvalue weighted by Gasteiger charge is -2.12. The molecule has 9 heteroatoms. The Morgan fingerprint density at radius 1 is 1.00 bits per heavy atom. The number of nitrogens with zero attached hydrogens (tertiary/aromatic N) is 1. The molecule has 0 bridgehead atoms. The SMILES string of the molecule is CN(C)S(=O)(=O)c1ccc(OCCOC(=O)COc2ccccc2Cl)cc1. The van der Waals surface area contributed by atoms with E-state index >= 15 is 0 Å². The second-order valence-electron chi connectivity index (χ2n) is 5.55. The molecule has 0 saturated heterocycles. The van der Waals surface area contributed by atoms with Crippen molar-refractivity contribution in [3.8, 4) is 11.5 Å². The summed E-state index contributed by atoms with van der Waals surface area (Å²) in [6.07, 6.45) is 0. The second-order valence-corrected chi connectivity index (χ2v) is 8.11. The number of ether oxygens (including phenoxy) is 3. The van der Waals surface area contributed by atoms with Crippen molar-refractivity contribution in [2.75, 3.05) is 33.9 Å². The number of para-hydroxylation sites is 1. The number of esters is 1. The Balaban J connectivity index is 1.72. The van der Waals surface area contributed by atoms with E-state index in [1.807, 2.05) is 0 Å². The quantitative estimate of drug-likeness (QED) is 0.464. The van der Waals surface area contributed by atoms with Crippen LogP contribution < -0.4 is 9.47 Å². The fraction of sp³-hybridized carbons (Fsp3) is 0.278. The Morgan fingerprint density at radius 3 is 2.30 bits per heavy atom. The minimum atomic E-state index is -3.48. The van der Waals surface area contributed by atoms with E-state index in [4.69, 9.17) is 25.8 Å². The third kappa shape index (κ3) is 6.13. The minimum absolute atomic E-state index is 0.0302. The monoisotopic (exact) mass is 413 g/mol. The summed E-state index contributed by atoms with van der Waals surface area (Å²) in [5.41, 5.74) is 0. The largest absolute Gasteiger partial charge is 0.490 e. The number of hydrogen-bond acceptors (Lipinski definition) is 6. The lowest BCUT2D eigenvalue weighted by molar-refractivity contribution is -0.146. The van der Waals surface area contributed by atoms with Crippen LogP contribution in [0, 0.1) is 0 Å². The third-order valence-corrected chi connectivity index (χ3v) is 5.54. The van der Waals surface area contributed by atoms with Gasteiger partial charge in [-0.15, -0.1) is 0 Å². The summed E-state index contributed by atoms with van der Waals surface area (Å²) in [5, 5.41) is 0.411. The van der Waals surface area contributed by atoms with Gasteiger partial charge in [0.2, 0.25) is 10.0 Å². The van der Waals surface area contributed by atoms with Gasteiger partial charge >= 0.3 is 5.97 Å². The van der Waals surface area contributed by atoms with Crippen molar-refractivity contribution in [2.24, 2.45) is 0 Å². The summed E-state index contributed by atoms with van der Waals surface area (Å²) in [6, 6.07) is 12.8. The van der Waals surface area contributed by atoms with Gasteiger partial charge in [0.1, 0.15) is 24.7 Å². The van der Waals surface area contributed by atoms with Crippen LogP contribution in [0.5, 0.6) is 11.5 Å². The molecule has 0 radical (unpaired) electrons. The van der Waals surface area contributed by atoms with E-state index < -0.39 is 16.0 Å². The van der Waals surface area contributed by atoms with Gasteiger partial charge in [0, 0.05) is 14.1 Å². The minimum Gasteiger partial charge on any atom is -0.490 e. The Bertz CT molecular complexity index is 868. The normalized spacial score (nSPS) is 11.3. The molecular weight excluding hydrogens is 394 g/mol. The molecule has 0 aliphatic carbocycles. The summed E-state index contributed by atoms with van der Waals surface area (Å²) in [6.45, 7) is -0.110. The number of carbonyl (C=O) groups excluding carboxylic acids is 1. The Kier molecular flexibility index (Phi) is 7.46. The van der Waals surface area contributed by atoms with Gasteiger partial charge in [-0.3, -0.25) is 0 Å². The highest BCUT2D eigenvalue weighted by Gasteiger charge is 2.16. The smallest absolute Gasteiger partial charge is 0.344 e. The van der Waals surface area contributed by atoms with Gasteiger partial charge in [0.25, 0.3) is 0 Å². The van der Waals surface area contributed by atoms with Gasteiger partial charge in [-0.1, -0.05) is 23.7 Å². The second kappa shape index (κ2) is 9.59. The molecule has 0 atom stereocenters. The van der Waals surface area contributed by atoms with E-state index in [-0.39, 0.29) is 24.7 Å². The first-order chi connectivity index (χ1) is 12.8. The van der Waals surface area contributed by atoms with Gasteiger partial charge in [-0.25, -0.2) is 17.5 Å². The lowest BCUT2D eigenvalue weighted by atomic mass is 10.3. The molecule has 27 heavy (non-hydrogen) atoms. The Labute approximate surface area is 163 Å². The molecule has 0 N–H and O–H groups in total. The highest BCUT2D eigenvalue weighted by molar-refractivity contribution is 7.89. The molecule has 0 aromatic heterocycles. The zero-order chi connectivity index (χ0) is 19.9. The van der Waals surface area contributed by atoms with E-state index in [0.717, 1.165) is 4.31 Å². The van der Waals surface area contributed by atoms with Gasteiger partial charge in [0.15, 0.2) is 6.61 Å². The first kappa shape index (κ1) is 21.0. The molecule has 0 heterocycles. The van der Waals surface area contributed by atoms with Crippen LogP contribution in [0.15, 0.2) is 53.4 Å². The first-order valence-electron chi connectivity index (χ1n) is 7.99. The number of benzene rings is 2. The molecule has 0 aliphatic rings. The lowest BCUT2D eigenvalue weighted by Crippen LogP contribution is -2.22. The Morgan fingerprint density at radius 2 is 1.67 bits per heavy atom. The number of rotatable bonds is 9. The van der Waals surface area contributed by atoms with Crippen LogP contribution in [0.2, 0.25) is 5.02 Å². The van der Waals surface area contributed by atoms with E-state index in [1.54, 1.807) is 36.4 Å². The van der Waals surface area contributed by atoms with Crippen LogP contribution in [-0.2, 0) is 19.6 Å². The highest BCUT2D eigenvalue weighted by Crippen LogP contribution is 2.23. The Hall–Kier alpha value is -2.29. The molecule has 7 nitrogen and oxygen atoms in total. The zero-order valence-corrected chi connectivity index (χ0v) is 16.5. The number of halogens is 1. The molecule has 0 unspecified atom stereocenters. The van der Waals surface area contributed by atoms with Crippen LogP contribution in [0.3, 0.4) is 0 Å². The molecular formula is C18H20ClNO6S. The maximum atomic E-state index is 12.0. The summed E-state index contributed by atoms with van der Waals surface area (Å²) in [4.78, 5) is 11.8. The summed E-state index contributed by atoms with van der Waals surface area (Å²) in [5.74, 6) is 0.321. The van der Waals surface area contributed by atoms with Crippen molar-refractivity contribution in [3.63, 3.8) is 0 Å². The van der Waals surface area contributed by atoms with Crippen molar-refractivity contribution in [1.82, 2.24) is 4.31 Å². The number of carbonyl (C=O) groups is 1. The molecule has 0 saturated carbocycles. The molecule has 0 amide bonds. The van der Waals surface area contributed by atoms with Crippen molar-refractivity contribution in [2.45, 2.75) is 4.90 Å². The van der Waals surface area contributed by atoms with Crippen molar-refractivity contribution >= 4 is 27.6 Å². The van der Waals surface area contributed by atoms with E-state index in [0.29, 0.717) is 16.5 Å². The molecule has 2 aromatic carbocycles. The molecule has 0 fully saturated rings. The third-order valence-electron chi connectivity index (χ3n) is 3.40. The average Bonchev–Trinajstić information content (AvgIpc) is 2.65. The fourth-order valence-corrected chi connectivity index (χ4v) is 3.07. The maximum absolute atomic E-state index is 12.0. The van der Waals surface area contributed by atoms with E-state index in [2.05, 4.69) is 0 Å². The van der Waals surface area contributed by atoms with Gasteiger partial charge in [0.05, 0.1) is 9.92 Å². The zero-order valence-electron chi connectivity index (χ0n) is 14.9. The van der Waals surface area contributed by atoms with Crippen LogP contribution in [0.1, 0.15) is 0 Å². The van der Waals surface area contributed by atoms with Crippen molar-refractivity contribution in [3.05, 3.63) is 53.6 Å². The molecule has 2 rings (SSSR count). The van der Waals surface area contributed by atoms with Crippen LogP contribution in [0.4, 0.5) is 0 Å². The molecule has 0 aliphatic heterocycles. The number of hydrogen-bond donors (Lipinski definition) is 0. The summed E-state index contributed by atoms with van der Waals surface area (Å²) < 4.78 is 40.8.